The first kappa shape index (κ1) is 67.4. The lowest BCUT2D eigenvalue weighted by Crippen LogP contribution is -2.30. The Morgan fingerprint density at radius 1 is 0.400 bits per heavy atom. The van der Waals surface area contributed by atoms with Crippen LogP contribution < -0.4 is 0 Å². The molecular weight excluding hydrogens is 904 g/mol. The standard InChI is InChI=1S/C58H105O11P/c1-4-7-10-13-16-19-21-23-25-27-29-31-33-36-38-41-44-47-56(60)65-51-55(69-58(62)49-46-43-40-37-34-32-30-28-26-24-22-20-17-14-11-8-5-2)53-67-70(63,64)66-52-54(50-59)68-57(61)48-45-42-39-35-18-15-12-9-6-3/h16-17,19-20,23-26,54-55,59H,4-15,18,21-22,27-53H2,1-3H3,(H,63,64)/b19-16-,20-17-,25-23-,26-24-. The van der Waals surface area contributed by atoms with E-state index in [1.165, 1.54) is 116 Å². The maximum atomic E-state index is 12.9. The van der Waals surface area contributed by atoms with Gasteiger partial charge in [-0.1, -0.05) is 211 Å². The molecule has 0 aliphatic heterocycles. The zero-order valence-electron chi connectivity index (χ0n) is 45.0. The van der Waals surface area contributed by atoms with Crippen LogP contribution in [0.1, 0.15) is 265 Å². The highest BCUT2D eigenvalue weighted by atomic mass is 31.2. The lowest BCUT2D eigenvalue weighted by Gasteiger charge is -2.21. The van der Waals surface area contributed by atoms with Crippen molar-refractivity contribution in [3.05, 3.63) is 48.6 Å². The largest absolute Gasteiger partial charge is 0.472 e. The molecule has 11 nitrogen and oxygen atoms in total. The quantitative estimate of drug-likeness (QED) is 0.0197. The van der Waals surface area contributed by atoms with Crippen LogP contribution in [-0.2, 0) is 42.2 Å². The molecule has 70 heavy (non-hydrogen) atoms. The fraction of sp³-hybridized carbons (Fsp3) is 0.810. The monoisotopic (exact) mass is 1010 g/mol. The van der Waals surface area contributed by atoms with E-state index in [-0.39, 0.29) is 25.9 Å². The summed E-state index contributed by atoms with van der Waals surface area (Å²) in [6.45, 7) is 4.57. The Morgan fingerprint density at radius 3 is 1.09 bits per heavy atom. The molecule has 0 aliphatic rings. The molecular formula is C58H105O11P. The van der Waals surface area contributed by atoms with Crippen LogP contribution in [0.25, 0.3) is 0 Å². The van der Waals surface area contributed by atoms with Crippen molar-refractivity contribution in [1.29, 1.82) is 0 Å². The topological polar surface area (TPSA) is 155 Å². The minimum atomic E-state index is -4.74. The molecule has 0 radical (unpaired) electrons. The summed E-state index contributed by atoms with van der Waals surface area (Å²) in [5.41, 5.74) is 0. The second-order valence-corrected chi connectivity index (χ2v) is 20.6. The molecule has 408 valence electrons. The van der Waals surface area contributed by atoms with Gasteiger partial charge in [0.2, 0.25) is 0 Å². The Bertz CT molecular complexity index is 1360. The van der Waals surface area contributed by atoms with Gasteiger partial charge in [-0.25, -0.2) is 4.57 Å². The van der Waals surface area contributed by atoms with Gasteiger partial charge in [0.15, 0.2) is 6.10 Å². The number of aliphatic hydroxyl groups is 1. The maximum Gasteiger partial charge on any atom is 0.472 e. The molecule has 0 fully saturated rings. The SMILES string of the molecule is CCCCC/C=C\C/C=C\CCCCCCCCCC(=O)OCC(COP(=O)(O)OCC(CO)OC(=O)CCCCCCCCCCC)OC(=O)CCCCCCCCC/C=C\C/C=C\CCCCC. The summed E-state index contributed by atoms with van der Waals surface area (Å²) in [5.74, 6) is -1.47. The molecule has 0 aromatic carbocycles. The number of carbonyl (C=O) groups excluding carboxylic acids is 3. The van der Waals surface area contributed by atoms with E-state index < -0.39 is 57.8 Å². The molecule has 2 N–H and O–H groups in total. The van der Waals surface area contributed by atoms with Gasteiger partial charge in [-0.3, -0.25) is 23.4 Å². The highest BCUT2D eigenvalue weighted by Crippen LogP contribution is 2.43. The molecule has 0 aliphatic carbocycles. The Kier molecular flexibility index (Phi) is 50.8. The maximum absolute atomic E-state index is 12.9. The summed E-state index contributed by atoms with van der Waals surface area (Å²) in [5, 5.41) is 9.77. The van der Waals surface area contributed by atoms with Gasteiger partial charge in [0, 0.05) is 19.3 Å². The average Bonchev–Trinajstić information content (AvgIpc) is 3.35. The summed E-state index contributed by atoms with van der Waals surface area (Å²) < 4.78 is 39.4. The third kappa shape index (κ3) is 50.4. The molecule has 0 spiro atoms. The van der Waals surface area contributed by atoms with Crippen LogP contribution in [0.3, 0.4) is 0 Å². The van der Waals surface area contributed by atoms with Crippen LogP contribution in [0.2, 0.25) is 0 Å². The number of phosphoric acid groups is 1. The van der Waals surface area contributed by atoms with Crippen molar-refractivity contribution in [3.8, 4) is 0 Å². The predicted octanol–water partition coefficient (Wildman–Crippen LogP) is 16.6. The van der Waals surface area contributed by atoms with Crippen molar-refractivity contribution in [2.75, 3.05) is 26.4 Å². The zero-order chi connectivity index (χ0) is 51.3. The molecule has 0 heterocycles. The van der Waals surface area contributed by atoms with Gasteiger partial charge in [0.05, 0.1) is 19.8 Å². The highest BCUT2D eigenvalue weighted by molar-refractivity contribution is 7.47. The lowest BCUT2D eigenvalue weighted by atomic mass is 10.1. The number of rotatable bonds is 53. The van der Waals surface area contributed by atoms with E-state index in [1.54, 1.807) is 0 Å². The van der Waals surface area contributed by atoms with Crippen molar-refractivity contribution in [2.24, 2.45) is 0 Å². The van der Waals surface area contributed by atoms with Gasteiger partial charge < -0.3 is 24.2 Å². The molecule has 0 aromatic rings. The third-order valence-electron chi connectivity index (χ3n) is 12.2. The van der Waals surface area contributed by atoms with Crippen molar-refractivity contribution in [3.63, 3.8) is 0 Å². The Labute approximate surface area is 428 Å². The fourth-order valence-corrected chi connectivity index (χ4v) is 8.61. The van der Waals surface area contributed by atoms with E-state index in [9.17, 15) is 28.9 Å². The minimum Gasteiger partial charge on any atom is -0.462 e. The summed E-state index contributed by atoms with van der Waals surface area (Å²) in [6.07, 6.45) is 55.0. The highest BCUT2D eigenvalue weighted by Gasteiger charge is 2.28. The fourth-order valence-electron chi connectivity index (χ4n) is 7.83. The molecule has 0 aromatic heterocycles. The van der Waals surface area contributed by atoms with E-state index in [0.717, 1.165) is 89.9 Å². The number of carbonyl (C=O) groups is 3. The van der Waals surface area contributed by atoms with E-state index in [0.29, 0.717) is 19.3 Å². The Morgan fingerprint density at radius 2 is 0.700 bits per heavy atom. The lowest BCUT2D eigenvalue weighted by molar-refractivity contribution is -0.161. The van der Waals surface area contributed by atoms with Crippen LogP contribution >= 0.6 is 7.82 Å². The normalized spacial score (nSPS) is 13.7. The van der Waals surface area contributed by atoms with Crippen LogP contribution in [0.15, 0.2) is 48.6 Å². The van der Waals surface area contributed by atoms with Gasteiger partial charge >= 0.3 is 25.7 Å². The van der Waals surface area contributed by atoms with Gasteiger partial charge in [0.1, 0.15) is 12.7 Å². The van der Waals surface area contributed by atoms with Gasteiger partial charge in [-0.05, 0) is 83.5 Å². The number of aliphatic hydroxyl groups excluding tert-OH is 1. The molecule has 12 heteroatoms. The second-order valence-electron chi connectivity index (χ2n) is 19.1. The minimum absolute atomic E-state index is 0.158. The predicted molar refractivity (Wildman–Crippen MR) is 289 cm³/mol. The third-order valence-corrected chi connectivity index (χ3v) is 13.2. The first-order valence-electron chi connectivity index (χ1n) is 28.5. The molecule has 0 rings (SSSR count). The van der Waals surface area contributed by atoms with Crippen LogP contribution in [-0.4, -0.2) is 66.5 Å². The summed E-state index contributed by atoms with van der Waals surface area (Å²) in [6, 6.07) is 0. The number of hydrogen-bond acceptors (Lipinski definition) is 10. The van der Waals surface area contributed by atoms with Gasteiger partial charge in [-0.2, -0.15) is 0 Å². The van der Waals surface area contributed by atoms with E-state index in [4.69, 9.17) is 23.3 Å². The summed E-state index contributed by atoms with van der Waals surface area (Å²) in [7, 11) is -4.74. The smallest absolute Gasteiger partial charge is 0.462 e. The Balaban J connectivity index is 4.73. The molecule has 0 saturated heterocycles. The molecule has 0 bridgehead atoms. The molecule has 0 saturated carbocycles. The number of ether oxygens (including phenoxy) is 3. The summed E-state index contributed by atoms with van der Waals surface area (Å²) >= 11 is 0. The van der Waals surface area contributed by atoms with Crippen molar-refractivity contribution in [1.82, 2.24) is 0 Å². The summed E-state index contributed by atoms with van der Waals surface area (Å²) in [4.78, 5) is 48.4. The van der Waals surface area contributed by atoms with Crippen molar-refractivity contribution in [2.45, 2.75) is 277 Å². The number of esters is 3. The van der Waals surface area contributed by atoms with Crippen molar-refractivity contribution >= 4 is 25.7 Å². The number of allylic oxidation sites excluding steroid dienone is 8. The van der Waals surface area contributed by atoms with E-state index in [2.05, 4.69) is 69.4 Å². The average molecular weight is 1010 g/mol. The van der Waals surface area contributed by atoms with Gasteiger partial charge in [0.25, 0.3) is 0 Å². The first-order valence-corrected chi connectivity index (χ1v) is 30.0. The second kappa shape index (κ2) is 52.8. The first-order chi connectivity index (χ1) is 34.2. The van der Waals surface area contributed by atoms with Crippen molar-refractivity contribution < 1.29 is 52.2 Å². The number of phosphoric ester groups is 1. The van der Waals surface area contributed by atoms with Crippen LogP contribution in [0.4, 0.5) is 0 Å². The van der Waals surface area contributed by atoms with Crippen LogP contribution in [0, 0.1) is 0 Å². The van der Waals surface area contributed by atoms with E-state index in [1.807, 2.05) is 0 Å². The number of hydrogen-bond donors (Lipinski definition) is 2. The van der Waals surface area contributed by atoms with Crippen LogP contribution in [0.5, 0.6) is 0 Å². The molecule has 3 unspecified atom stereocenters. The Hall–Kier alpha value is -2.56. The molecule has 3 atom stereocenters. The molecule has 0 amide bonds. The van der Waals surface area contributed by atoms with Gasteiger partial charge in [-0.15, -0.1) is 0 Å². The zero-order valence-corrected chi connectivity index (χ0v) is 45.9. The number of unbranched alkanes of at least 4 members (excludes halogenated alkanes) is 28. The van der Waals surface area contributed by atoms with E-state index >= 15 is 0 Å².